The standard InChI is InChI=1S/C45H85NO8/c1-6-8-10-12-14-16-18-19-20-21-22-23-24-26-27-29-31-33-35-42(47)52-39-41(40-53-45(44(49)50)51-38-37-46(3,4)5)54-43(48)36-34-32-30-28-25-17-15-13-11-9-7-2/h13,15,41,45H,6-12,14,16-40H2,1-5H3/b15-13-. The van der Waals surface area contributed by atoms with Crippen LogP contribution in [0.4, 0.5) is 0 Å². The summed E-state index contributed by atoms with van der Waals surface area (Å²) in [7, 11) is 5.90. The van der Waals surface area contributed by atoms with Crippen LogP contribution in [0.15, 0.2) is 12.2 Å². The molecule has 0 fully saturated rings. The summed E-state index contributed by atoms with van der Waals surface area (Å²) in [5.74, 6) is -2.29. The number of rotatable bonds is 41. The van der Waals surface area contributed by atoms with Gasteiger partial charge in [-0.05, 0) is 32.1 Å². The molecule has 0 aromatic carbocycles. The van der Waals surface area contributed by atoms with E-state index in [2.05, 4.69) is 26.0 Å². The van der Waals surface area contributed by atoms with Gasteiger partial charge in [-0.3, -0.25) is 9.59 Å². The first-order valence-electron chi connectivity index (χ1n) is 22.3. The Morgan fingerprint density at radius 1 is 0.537 bits per heavy atom. The quantitative estimate of drug-likeness (QED) is 0.0199. The summed E-state index contributed by atoms with van der Waals surface area (Å²) in [5, 5.41) is 11.7. The lowest BCUT2D eigenvalue weighted by molar-refractivity contribution is -0.870. The zero-order chi connectivity index (χ0) is 40.0. The van der Waals surface area contributed by atoms with E-state index in [1.807, 2.05) is 21.1 Å². The lowest BCUT2D eigenvalue weighted by atomic mass is 10.0. The molecular weight excluding hydrogens is 682 g/mol. The second-order valence-corrected chi connectivity index (χ2v) is 16.3. The van der Waals surface area contributed by atoms with Crippen molar-refractivity contribution in [1.82, 2.24) is 0 Å². The number of quaternary nitrogens is 1. The summed E-state index contributed by atoms with van der Waals surface area (Å²) in [5.41, 5.74) is 0. The number of carbonyl (C=O) groups is 3. The van der Waals surface area contributed by atoms with Gasteiger partial charge in [0.15, 0.2) is 12.4 Å². The van der Waals surface area contributed by atoms with Crippen LogP contribution in [0.2, 0.25) is 0 Å². The maximum Gasteiger partial charge on any atom is 0.306 e. The van der Waals surface area contributed by atoms with Gasteiger partial charge in [0, 0.05) is 12.8 Å². The van der Waals surface area contributed by atoms with Crippen molar-refractivity contribution >= 4 is 17.9 Å². The highest BCUT2D eigenvalue weighted by atomic mass is 16.7. The highest BCUT2D eigenvalue weighted by Gasteiger charge is 2.21. The van der Waals surface area contributed by atoms with Gasteiger partial charge in [0.1, 0.15) is 13.2 Å². The Morgan fingerprint density at radius 2 is 0.963 bits per heavy atom. The van der Waals surface area contributed by atoms with Gasteiger partial charge in [-0.1, -0.05) is 167 Å². The number of allylic oxidation sites excluding steroid dienone is 2. The van der Waals surface area contributed by atoms with Gasteiger partial charge in [0.05, 0.1) is 40.3 Å². The van der Waals surface area contributed by atoms with Crippen molar-refractivity contribution in [3.05, 3.63) is 12.2 Å². The van der Waals surface area contributed by atoms with Gasteiger partial charge >= 0.3 is 11.9 Å². The highest BCUT2D eigenvalue weighted by molar-refractivity contribution is 5.70. The second-order valence-electron chi connectivity index (χ2n) is 16.3. The predicted octanol–water partition coefficient (Wildman–Crippen LogP) is 10.2. The smallest absolute Gasteiger partial charge is 0.306 e. The van der Waals surface area contributed by atoms with Gasteiger partial charge in [0.2, 0.25) is 0 Å². The van der Waals surface area contributed by atoms with Gasteiger partial charge in [0.25, 0.3) is 0 Å². The molecule has 0 aromatic heterocycles. The topological polar surface area (TPSA) is 111 Å². The largest absolute Gasteiger partial charge is 0.545 e. The minimum Gasteiger partial charge on any atom is -0.545 e. The molecule has 0 radical (unpaired) electrons. The number of nitrogens with zero attached hydrogens (tertiary/aromatic N) is 1. The fourth-order valence-electron chi connectivity index (χ4n) is 6.22. The van der Waals surface area contributed by atoms with Gasteiger partial charge < -0.3 is 33.3 Å². The van der Waals surface area contributed by atoms with Gasteiger partial charge in [-0.25, -0.2) is 0 Å². The van der Waals surface area contributed by atoms with Crippen molar-refractivity contribution in [2.45, 2.75) is 212 Å². The van der Waals surface area contributed by atoms with Crippen LogP contribution in [0.3, 0.4) is 0 Å². The van der Waals surface area contributed by atoms with Crippen LogP contribution in [0.5, 0.6) is 0 Å². The van der Waals surface area contributed by atoms with Crippen molar-refractivity contribution in [3.63, 3.8) is 0 Å². The van der Waals surface area contributed by atoms with Crippen LogP contribution < -0.4 is 5.11 Å². The minimum atomic E-state index is -1.62. The molecule has 9 heteroatoms. The Balaban J connectivity index is 4.35. The van der Waals surface area contributed by atoms with E-state index in [4.69, 9.17) is 18.9 Å². The van der Waals surface area contributed by atoms with Crippen molar-refractivity contribution in [3.8, 4) is 0 Å². The van der Waals surface area contributed by atoms with Crippen LogP contribution in [0.1, 0.15) is 200 Å². The molecule has 9 nitrogen and oxygen atoms in total. The molecule has 0 heterocycles. The predicted molar refractivity (Wildman–Crippen MR) is 219 cm³/mol. The average molecular weight is 768 g/mol. The molecule has 0 spiro atoms. The number of esters is 2. The number of hydrogen-bond donors (Lipinski definition) is 0. The molecular formula is C45H85NO8. The van der Waals surface area contributed by atoms with Crippen LogP contribution in [-0.4, -0.2) is 82.3 Å². The first-order chi connectivity index (χ1) is 26.1. The highest BCUT2D eigenvalue weighted by Crippen LogP contribution is 2.15. The number of carboxylic acids is 1. The maximum atomic E-state index is 12.7. The summed E-state index contributed by atoms with van der Waals surface area (Å²) in [4.78, 5) is 36.9. The van der Waals surface area contributed by atoms with E-state index in [1.54, 1.807) is 0 Å². The number of hydrogen-bond acceptors (Lipinski definition) is 8. The Bertz CT molecular complexity index is 903. The third kappa shape index (κ3) is 38.3. The molecule has 0 saturated heterocycles. The number of aliphatic carboxylic acids is 1. The second kappa shape index (κ2) is 37.9. The molecule has 0 aromatic rings. The first-order valence-corrected chi connectivity index (χ1v) is 22.3. The van der Waals surface area contributed by atoms with E-state index < -0.39 is 24.3 Å². The minimum absolute atomic E-state index is 0.149. The molecule has 2 unspecified atom stereocenters. The van der Waals surface area contributed by atoms with Crippen molar-refractivity contribution in [2.24, 2.45) is 0 Å². The Kier molecular flexibility index (Phi) is 36.5. The molecule has 0 aliphatic carbocycles. The monoisotopic (exact) mass is 768 g/mol. The van der Waals surface area contributed by atoms with E-state index in [0.29, 0.717) is 23.9 Å². The van der Waals surface area contributed by atoms with Crippen LogP contribution in [-0.2, 0) is 33.3 Å². The number of unbranched alkanes of at least 4 members (excludes halogenated alkanes) is 24. The molecule has 318 valence electrons. The van der Waals surface area contributed by atoms with Crippen LogP contribution in [0.25, 0.3) is 0 Å². The molecule has 54 heavy (non-hydrogen) atoms. The molecule has 0 rings (SSSR count). The molecule has 0 saturated carbocycles. The normalized spacial score (nSPS) is 13.0. The number of carbonyl (C=O) groups excluding carboxylic acids is 3. The van der Waals surface area contributed by atoms with Crippen molar-refractivity contribution in [2.75, 3.05) is 47.5 Å². The third-order valence-electron chi connectivity index (χ3n) is 9.76. The third-order valence-corrected chi connectivity index (χ3v) is 9.76. The van der Waals surface area contributed by atoms with E-state index in [0.717, 1.165) is 57.8 Å². The first kappa shape index (κ1) is 52.0. The summed E-state index contributed by atoms with van der Waals surface area (Å²) >= 11 is 0. The molecule has 0 aliphatic heterocycles. The fourth-order valence-corrected chi connectivity index (χ4v) is 6.22. The zero-order valence-electron chi connectivity index (χ0n) is 35.9. The van der Waals surface area contributed by atoms with Gasteiger partial charge in [-0.2, -0.15) is 0 Å². The lowest BCUT2D eigenvalue weighted by Gasteiger charge is -2.26. The summed E-state index contributed by atoms with van der Waals surface area (Å²) < 4.78 is 22.5. The summed E-state index contributed by atoms with van der Waals surface area (Å²) in [6, 6.07) is 0. The zero-order valence-corrected chi connectivity index (χ0v) is 35.9. The fraction of sp³-hybridized carbons (Fsp3) is 0.889. The summed E-state index contributed by atoms with van der Waals surface area (Å²) in [6.07, 6.45) is 35.3. The van der Waals surface area contributed by atoms with Crippen molar-refractivity contribution < 1.29 is 42.9 Å². The SMILES string of the molecule is CCCC/C=C\CCCCCCCC(=O)OC(COC(=O)CCCCCCCCCCCCCCCCCCCC)COC(OCC[N+](C)(C)C)C(=O)[O-]. The number of carboxylic acid groups (broad SMARTS) is 1. The van der Waals surface area contributed by atoms with Crippen LogP contribution in [0, 0.1) is 0 Å². The number of ether oxygens (including phenoxy) is 4. The molecule has 0 N–H and O–H groups in total. The van der Waals surface area contributed by atoms with E-state index in [-0.39, 0.29) is 32.2 Å². The van der Waals surface area contributed by atoms with E-state index in [1.165, 1.54) is 109 Å². The average Bonchev–Trinajstić information content (AvgIpc) is 3.12. The Labute approximate surface area is 332 Å². The molecule has 2 atom stereocenters. The molecule has 0 aliphatic rings. The van der Waals surface area contributed by atoms with E-state index in [9.17, 15) is 19.5 Å². The van der Waals surface area contributed by atoms with Crippen LogP contribution >= 0.6 is 0 Å². The maximum absolute atomic E-state index is 12.7. The number of likely N-dealkylation sites (N-methyl/N-ethyl adjacent to an activating group) is 1. The molecule has 0 amide bonds. The van der Waals surface area contributed by atoms with Gasteiger partial charge in [-0.15, -0.1) is 0 Å². The van der Waals surface area contributed by atoms with E-state index >= 15 is 0 Å². The molecule has 0 bridgehead atoms. The summed E-state index contributed by atoms with van der Waals surface area (Å²) in [6.45, 7) is 4.70. The Hall–Kier alpha value is -1.97. The van der Waals surface area contributed by atoms with Crippen molar-refractivity contribution in [1.29, 1.82) is 0 Å². The Morgan fingerprint density at radius 3 is 1.43 bits per heavy atom. The lowest BCUT2D eigenvalue weighted by Crippen LogP contribution is -2.44.